The first kappa shape index (κ1) is 13.0. The zero-order chi connectivity index (χ0) is 11.8. The predicted molar refractivity (Wildman–Crippen MR) is 65.6 cm³/mol. The summed E-state index contributed by atoms with van der Waals surface area (Å²) in [5.41, 5.74) is 1.17. The van der Waals surface area contributed by atoms with Crippen LogP contribution < -0.4 is 10.1 Å². The summed E-state index contributed by atoms with van der Waals surface area (Å²) in [5, 5.41) is 12.2. The molecule has 16 heavy (non-hydrogen) atoms. The summed E-state index contributed by atoms with van der Waals surface area (Å²) in [7, 11) is 1.69. The molecule has 0 fully saturated rings. The molecule has 0 saturated heterocycles. The van der Waals surface area contributed by atoms with E-state index in [0.29, 0.717) is 6.04 Å². The zero-order valence-electron chi connectivity index (χ0n) is 10.1. The van der Waals surface area contributed by atoms with Gasteiger partial charge in [-0.3, -0.25) is 0 Å². The molecule has 1 aromatic carbocycles. The topological polar surface area (TPSA) is 41.5 Å². The van der Waals surface area contributed by atoms with Crippen molar-refractivity contribution in [1.29, 1.82) is 0 Å². The number of hydrogen-bond acceptors (Lipinski definition) is 3. The Balaban J connectivity index is 2.41. The minimum atomic E-state index is 0.265. The van der Waals surface area contributed by atoms with Gasteiger partial charge in [0.2, 0.25) is 0 Å². The fraction of sp³-hybridized carbons (Fsp3) is 0.538. The zero-order valence-corrected chi connectivity index (χ0v) is 10.1. The highest BCUT2D eigenvalue weighted by Gasteiger charge is 2.04. The summed E-state index contributed by atoms with van der Waals surface area (Å²) >= 11 is 0. The lowest BCUT2D eigenvalue weighted by molar-refractivity contribution is 0.276. The number of methoxy groups -OCH3 is 1. The number of rotatable bonds is 7. The van der Waals surface area contributed by atoms with Gasteiger partial charge in [0.15, 0.2) is 0 Å². The van der Waals surface area contributed by atoms with Crippen molar-refractivity contribution in [3.8, 4) is 5.75 Å². The van der Waals surface area contributed by atoms with Crippen LogP contribution in [0.2, 0.25) is 0 Å². The second kappa shape index (κ2) is 7.25. The van der Waals surface area contributed by atoms with Gasteiger partial charge >= 0.3 is 0 Å². The maximum atomic E-state index is 8.73. The molecule has 3 nitrogen and oxygen atoms in total. The van der Waals surface area contributed by atoms with E-state index in [1.807, 2.05) is 18.2 Å². The molecule has 90 valence electrons. The van der Waals surface area contributed by atoms with Gasteiger partial charge in [0.05, 0.1) is 7.11 Å². The molecular formula is C13H21NO2. The Labute approximate surface area is 97.4 Å². The van der Waals surface area contributed by atoms with E-state index in [1.165, 1.54) is 5.56 Å². The van der Waals surface area contributed by atoms with Crippen molar-refractivity contribution in [2.24, 2.45) is 0 Å². The number of nitrogens with one attached hydrogen (secondary N) is 1. The fourth-order valence-corrected chi connectivity index (χ4v) is 1.63. The first-order valence-corrected chi connectivity index (χ1v) is 5.74. The van der Waals surface area contributed by atoms with Crippen molar-refractivity contribution in [3.05, 3.63) is 29.8 Å². The van der Waals surface area contributed by atoms with Gasteiger partial charge in [-0.2, -0.15) is 0 Å². The maximum absolute atomic E-state index is 8.73. The van der Waals surface area contributed by atoms with Crippen molar-refractivity contribution in [1.82, 2.24) is 5.32 Å². The van der Waals surface area contributed by atoms with Gasteiger partial charge in [-0.05, 0) is 25.8 Å². The molecule has 0 spiro atoms. The molecule has 2 N–H and O–H groups in total. The standard InChI is InChI=1S/C13H21NO2/c1-11(6-5-9-15)14-10-12-7-3-4-8-13(12)16-2/h3-4,7-8,11,14-15H,5-6,9-10H2,1-2H3. The third kappa shape index (κ3) is 4.21. The summed E-state index contributed by atoms with van der Waals surface area (Å²) in [6.45, 7) is 3.20. The van der Waals surface area contributed by atoms with E-state index < -0.39 is 0 Å². The molecule has 1 rings (SSSR count). The minimum Gasteiger partial charge on any atom is -0.496 e. The highest BCUT2D eigenvalue weighted by Crippen LogP contribution is 2.16. The van der Waals surface area contributed by atoms with Gasteiger partial charge in [0, 0.05) is 24.8 Å². The summed E-state index contributed by atoms with van der Waals surface area (Å²) in [4.78, 5) is 0. The van der Waals surface area contributed by atoms with Crippen molar-refractivity contribution in [2.45, 2.75) is 32.4 Å². The number of benzene rings is 1. The largest absolute Gasteiger partial charge is 0.496 e. The molecule has 0 radical (unpaired) electrons. The van der Waals surface area contributed by atoms with Crippen LogP contribution in [0.1, 0.15) is 25.3 Å². The lowest BCUT2D eigenvalue weighted by Gasteiger charge is -2.14. The number of hydrogen-bond donors (Lipinski definition) is 2. The van der Waals surface area contributed by atoms with Gasteiger partial charge in [-0.15, -0.1) is 0 Å². The molecule has 0 bridgehead atoms. The molecule has 0 heterocycles. The SMILES string of the molecule is COc1ccccc1CNC(C)CCCO. The van der Waals surface area contributed by atoms with Crippen LogP contribution in [0, 0.1) is 0 Å². The Hall–Kier alpha value is -1.06. The van der Waals surface area contributed by atoms with Gasteiger partial charge in [0.25, 0.3) is 0 Å². The molecule has 0 aliphatic rings. The minimum absolute atomic E-state index is 0.265. The summed E-state index contributed by atoms with van der Waals surface area (Å²) in [6.07, 6.45) is 1.84. The fourth-order valence-electron chi connectivity index (χ4n) is 1.63. The summed E-state index contributed by atoms with van der Waals surface area (Å²) < 4.78 is 5.28. The van der Waals surface area contributed by atoms with Crippen molar-refractivity contribution >= 4 is 0 Å². The van der Waals surface area contributed by atoms with Gasteiger partial charge in [-0.1, -0.05) is 18.2 Å². The molecule has 1 atom stereocenters. The average molecular weight is 223 g/mol. The van der Waals surface area contributed by atoms with Gasteiger partial charge in [-0.25, -0.2) is 0 Å². The smallest absolute Gasteiger partial charge is 0.123 e. The van der Waals surface area contributed by atoms with E-state index in [4.69, 9.17) is 9.84 Å². The van der Waals surface area contributed by atoms with E-state index in [1.54, 1.807) is 7.11 Å². The third-order valence-corrected chi connectivity index (χ3v) is 2.63. The summed E-state index contributed by atoms with van der Waals surface area (Å²) in [6, 6.07) is 8.42. The quantitative estimate of drug-likeness (QED) is 0.742. The van der Waals surface area contributed by atoms with Crippen LogP contribution in [-0.2, 0) is 6.54 Å². The van der Waals surface area contributed by atoms with Crippen LogP contribution in [0.5, 0.6) is 5.75 Å². The first-order chi connectivity index (χ1) is 7.77. The Morgan fingerprint density at radius 1 is 1.38 bits per heavy atom. The predicted octanol–water partition coefficient (Wildman–Crippen LogP) is 1.95. The van der Waals surface area contributed by atoms with Crippen LogP contribution in [0.25, 0.3) is 0 Å². The van der Waals surface area contributed by atoms with Crippen LogP contribution in [-0.4, -0.2) is 24.9 Å². The molecule has 0 aliphatic heterocycles. The molecule has 1 aromatic rings. The molecule has 0 aliphatic carbocycles. The van der Waals surface area contributed by atoms with Crippen molar-refractivity contribution in [2.75, 3.05) is 13.7 Å². The lowest BCUT2D eigenvalue weighted by atomic mass is 10.1. The highest BCUT2D eigenvalue weighted by molar-refractivity contribution is 5.32. The van der Waals surface area contributed by atoms with Gasteiger partial charge < -0.3 is 15.2 Å². The maximum Gasteiger partial charge on any atom is 0.123 e. The van der Waals surface area contributed by atoms with E-state index >= 15 is 0 Å². The van der Waals surface area contributed by atoms with Crippen LogP contribution in [0.3, 0.4) is 0 Å². The van der Waals surface area contributed by atoms with E-state index in [2.05, 4.69) is 18.3 Å². The summed E-state index contributed by atoms with van der Waals surface area (Å²) in [5.74, 6) is 0.921. The van der Waals surface area contributed by atoms with Crippen LogP contribution in [0.4, 0.5) is 0 Å². The van der Waals surface area contributed by atoms with E-state index in [9.17, 15) is 0 Å². The molecule has 0 saturated carbocycles. The lowest BCUT2D eigenvalue weighted by Crippen LogP contribution is -2.25. The van der Waals surface area contributed by atoms with Crippen molar-refractivity contribution in [3.63, 3.8) is 0 Å². The van der Waals surface area contributed by atoms with Crippen LogP contribution >= 0.6 is 0 Å². The number of para-hydroxylation sites is 1. The number of aliphatic hydroxyl groups excluding tert-OH is 1. The number of ether oxygens (including phenoxy) is 1. The van der Waals surface area contributed by atoms with E-state index in [0.717, 1.165) is 25.1 Å². The Kier molecular flexibility index (Phi) is 5.90. The van der Waals surface area contributed by atoms with Gasteiger partial charge in [0.1, 0.15) is 5.75 Å². The second-order valence-corrected chi connectivity index (χ2v) is 3.96. The molecule has 1 unspecified atom stereocenters. The van der Waals surface area contributed by atoms with Crippen LogP contribution in [0.15, 0.2) is 24.3 Å². The Bertz CT molecular complexity index is 302. The Morgan fingerprint density at radius 3 is 2.81 bits per heavy atom. The third-order valence-electron chi connectivity index (χ3n) is 2.63. The Morgan fingerprint density at radius 2 is 2.12 bits per heavy atom. The van der Waals surface area contributed by atoms with Crippen molar-refractivity contribution < 1.29 is 9.84 Å². The normalized spacial score (nSPS) is 12.4. The number of aliphatic hydroxyl groups is 1. The average Bonchev–Trinajstić information content (AvgIpc) is 2.34. The molecule has 3 heteroatoms. The monoisotopic (exact) mass is 223 g/mol. The second-order valence-electron chi connectivity index (χ2n) is 3.96. The first-order valence-electron chi connectivity index (χ1n) is 5.74. The molecular weight excluding hydrogens is 202 g/mol. The highest BCUT2D eigenvalue weighted by atomic mass is 16.5. The molecule has 0 aromatic heterocycles. The van der Waals surface area contributed by atoms with E-state index in [-0.39, 0.29) is 6.61 Å². The molecule has 0 amide bonds.